The zero-order valence-electron chi connectivity index (χ0n) is 12.0. The quantitative estimate of drug-likeness (QED) is 0.813. The molecule has 1 atom stereocenters. The summed E-state index contributed by atoms with van der Waals surface area (Å²) in [5.41, 5.74) is 8.11. The standard InChI is InChI=1S/C17H18BrF2N/c1-10(2)12-5-3-11(4-6-12)7-16(21)17-14(19)8-13(18)9-15(17)20/h3-6,8-10,16H,7,21H2,1-2H3. The molecule has 0 aliphatic carbocycles. The van der Waals surface area contributed by atoms with E-state index in [0.29, 0.717) is 16.8 Å². The molecule has 1 unspecified atom stereocenters. The maximum atomic E-state index is 13.9. The van der Waals surface area contributed by atoms with Crippen LogP contribution in [0.5, 0.6) is 0 Å². The first kappa shape index (κ1) is 16.1. The highest BCUT2D eigenvalue weighted by Gasteiger charge is 2.18. The molecule has 2 aromatic rings. The van der Waals surface area contributed by atoms with Gasteiger partial charge in [0.25, 0.3) is 0 Å². The number of nitrogens with two attached hydrogens (primary N) is 1. The topological polar surface area (TPSA) is 26.0 Å². The second-order valence-corrected chi connectivity index (χ2v) is 6.41. The Hall–Kier alpha value is -1.26. The van der Waals surface area contributed by atoms with Gasteiger partial charge in [0.1, 0.15) is 11.6 Å². The minimum Gasteiger partial charge on any atom is -0.323 e. The Morgan fingerprint density at radius 3 is 2.05 bits per heavy atom. The molecule has 0 saturated carbocycles. The lowest BCUT2D eigenvalue weighted by atomic mass is 9.96. The van der Waals surface area contributed by atoms with E-state index in [2.05, 4.69) is 29.8 Å². The molecule has 21 heavy (non-hydrogen) atoms. The third-order valence-electron chi connectivity index (χ3n) is 3.52. The Labute approximate surface area is 132 Å². The van der Waals surface area contributed by atoms with Crippen molar-refractivity contribution in [1.82, 2.24) is 0 Å². The van der Waals surface area contributed by atoms with E-state index < -0.39 is 17.7 Å². The van der Waals surface area contributed by atoms with Crippen LogP contribution in [-0.2, 0) is 6.42 Å². The van der Waals surface area contributed by atoms with Gasteiger partial charge in [-0.25, -0.2) is 8.78 Å². The van der Waals surface area contributed by atoms with Crippen molar-refractivity contribution >= 4 is 15.9 Å². The monoisotopic (exact) mass is 353 g/mol. The SMILES string of the molecule is CC(C)c1ccc(CC(N)c2c(F)cc(Br)cc2F)cc1. The van der Waals surface area contributed by atoms with Crippen molar-refractivity contribution in [3.63, 3.8) is 0 Å². The first-order valence-electron chi connectivity index (χ1n) is 6.87. The Kier molecular flexibility index (Phi) is 5.12. The van der Waals surface area contributed by atoms with Gasteiger partial charge in [-0.1, -0.05) is 54.0 Å². The number of rotatable bonds is 4. The summed E-state index contributed by atoms with van der Waals surface area (Å²) in [6, 6.07) is 9.75. The number of hydrogen-bond acceptors (Lipinski definition) is 1. The summed E-state index contributed by atoms with van der Waals surface area (Å²) >= 11 is 3.06. The molecular formula is C17H18BrF2N. The van der Waals surface area contributed by atoms with Crippen LogP contribution in [0.2, 0.25) is 0 Å². The van der Waals surface area contributed by atoms with Gasteiger partial charge in [-0.15, -0.1) is 0 Å². The molecule has 0 heterocycles. The summed E-state index contributed by atoms with van der Waals surface area (Å²) in [6.45, 7) is 4.24. The third kappa shape index (κ3) is 3.89. The van der Waals surface area contributed by atoms with E-state index in [1.54, 1.807) is 0 Å². The van der Waals surface area contributed by atoms with Crippen LogP contribution < -0.4 is 5.73 Å². The predicted molar refractivity (Wildman–Crippen MR) is 85.2 cm³/mol. The maximum absolute atomic E-state index is 13.9. The maximum Gasteiger partial charge on any atom is 0.132 e. The predicted octanol–water partition coefficient (Wildman–Crippen LogP) is 5.09. The normalized spacial score (nSPS) is 12.7. The van der Waals surface area contributed by atoms with Crippen molar-refractivity contribution in [2.24, 2.45) is 5.73 Å². The van der Waals surface area contributed by atoms with Crippen LogP contribution in [0.4, 0.5) is 8.78 Å². The highest BCUT2D eigenvalue weighted by atomic mass is 79.9. The highest BCUT2D eigenvalue weighted by Crippen LogP contribution is 2.26. The third-order valence-corrected chi connectivity index (χ3v) is 3.97. The first-order valence-corrected chi connectivity index (χ1v) is 7.66. The van der Waals surface area contributed by atoms with Crippen molar-refractivity contribution < 1.29 is 8.78 Å². The van der Waals surface area contributed by atoms with E-state index in [9.17, 15) is 8.78 Å². The molecule has 4 heteroatoms. The van der Waals surface area contributed by atoms with Gasteiger partial charge in [-0.3, -0.25) is 0 Å². The Bertz CT molecular complexity index is 600. The minimum atomic E-state index is -0.706. The van der Waals surface area contributed by atoms with Gasteiger partial charge < -0.3 is 5.73 Å². The van der Waals surface area contributed by atoms with Crippen LogP contribution in [0.1, 0.15) is 42.5 Å². The van der Waals surface area contributed by atoms with E-state index in [1.807, 2.05) is 24.3 Å². The van der Waals surface area contributed by atoms with Crippen molar-refractivity contribution in [2.75, 3.05) is 0 Å². The molecule has 1 nitrogen and oxygen atoms in total. The summed E-state index contributed by atoms with van der Waals surface area (Å²) in [5.74, 6) is -0.782. The van der Waals surface area contributed by atoms with E-state index in [0.717, 1.165) is 5.56 Å². The molecule has 112 valence electrons. The molecule has 0 aliphatic rings. The Morgan fingerprint density at radius 2 is 1.57 bits per heavy atom. The summed E-state index contributed by atoms with van der Waals surface area (Å²) in [5, 5.41) is 0. The van der Waals surface area contributed by atoms with Crippen molar-refractivity contribution in [2.45, 2.75) is 32.2 Å². The molecule has 0 aliphatic heterocycles. The molecule has 0 bridgehead atoms. The highest BCUT2D eigenvalue weighted by molar-refractivity contribution is 9.10. The zero-order valence-corrected chi connectivity index (χ0v) is 13.6. The van der Waals surface area contributed by atoms with Gasteiger partial charge in [-0.05, 0) is 35.6 Å². The average Bonchev–Trinajstić information content (AvgIpc) is 2.37. The molecule has 0 aromatic heterocycles. The molecular weight excluding hydrogens is 336 g/mol. The van der Waals surface area contributed by atoms with Crippen LogP contribution in [-0.4, -0.2) is 0 Å². The van der Waals surface area contributed by atoms with Crippen molar-refractivity contribution in [3.8, 4) is 0 Å². The lowest BCUT2D eigenvalue weighted by Gasteiger charge is -2.15. The molecule has 0 spiro atoms. The van der Waals surface area contributed by atoms with E-state index >= 15 is 0 Å². The molecule has 2 aromatic carbocycles. The van der Waals surface area contributed by atoms with Crippen molar-refractivity contribution in [3.05, 3.63) is 69.2 Å². The fourth-order valence-electron chi connectivity index (χ4n) is 2.30. The smallest absolute Gasteiger partial charge is 0.132 e. The van der Waals surface area contributed by atoms with Gasteiger partial charge in [0.05, 0.1) is 0 Å². The van der Waals surface area contributed by atoms with Crippen LogP contribution >= 0.6 is 15.9 Å². The van der Waals surface area contributed by atoms with Gasteiger partial charge in [0.2, 0.25) is 0 Å². The van der Waals surface area contributed by atoms with E-state index in [-0.39, 0.29) is 5.56 Å². The first-order chi connectivity index (χ1) is 9.88. The molecule has 0 amide bonds. The fraction of sp³-hybridized carbons (Fsp3) is 0.294. The van der Waals surface area contributed by atoms with Crippen LogP contribution in [0, 0.1) is 11.6 Å². The second kappa shape index (κ2) is 6.67. The molecule has 2 N–H and O–H groups in total. The van der Waals surface area contributed by atoms with Crippen LogP contribution in [0.15, 0.2) is 40.9 Å². The van der Waals surface area contributed by atoms with Crippen LogP contribution in [0.25, 0.3) is 0 Å². The lowest BCUT2D eigenvalue weighted by molar-refractivity contribution is 0.523. The summed E-state index contributed by atoms with van der Waals surface area (Å²) in [4.78, 5) is 0. The van der Waals surface area contributed by atoms with E-state index in [1.165, 1.54) is 17.7 Å². The summed E-state index contributed by atoms with van der Waals surface area (Å²) in [7, 11) is 0. The molecule has 2 rings (SSSR count). The number of halogens is 3. The number of benzene rings is 2. The summed E-state index contributed by atoms with van der Waals surface area (Å²) in [6.07, 6.45) is 0.397. The largest absolute Gasteiger partial charge is 0.323 e. The number of hydrogen-bond donors (Lipinski definition) is 1. The fourth-order valence-corrected chi connectivity index (χ4v) is 2.70. The van der Waals surface area contributed by atoms with E-state index in [4.69, 9.17) is 5.73 Å². The second-order valence-electron chi connectivity index (χ2n) is 5.49. The van der Waals surface area contributed by atoms with Gasteiger partial charge >= 0.3 is 0 Å². The molecule has 0 radical (unpaired) electrons. The minimum absolute atomic E-state index is 0.0638. The van der Waals surface area contributed by atoms with Gasteiger partial charge in [0.15, 0.2) is 0 Å². The van der Waals surface area contributed by atoms with Crippen molar-refractivity contribution in [1.29, 1.82) is 0 Å². The summed E-state index contributed by atoms with van der Waals surface area (Å²) < 4.78 is 28.1. The van der Waals surface area contributed by atoms with Gasteiger partial charge in [-0.2, -0.15) is 0 Å². The van der Waals surface area contributed by atoms with Crippen LogP contribution in [0.3, 0.4) is 0 Å². The van der Waals surface area contributed by atoms with Gasteiger partial charge in [0, 0.05) is 16.1 Å². The average molecular weight is 354 g/mol. The molecule has 0 saturated heterocycles. The molecule has 0 fully saturated rings. The Balaban J connectivity index is 2.20. The Morgan fingerprint density at radius 1 is 1.05 bits per heavy atom. The zero-order chi connectivity index (χ0) is 15.6. The lowest BCUT2D eigenvalue weighted by Crippen LogP contribution is -2.17.